The van der Waals surface area contributed by atoms with E-state index in [9.17, 15) is 0 Å². The van der Waals surface area contributed by atoms with Gasteiger partial charge < -0.3 is 9.47 Å². The van der Waals surface area contributed by atoms with Crippen LogP contribution in [0.4, 0.5) is 0 Å². The van der Waals surface area contributed by atoms with Crippen molar-refractivity contribution < 1.29 is 9.47 Å². The number of aryl methyl sites for hydroxylation is 1. The first-order valence-corrected chi connectivity index (χ1v) is 12.5. The van der Waals surface area contributed by atoms with Gasteiger partial charge in [-0.2, -0.15) is 0 Å². The zero-order valence-electron chi connectivity index (χ0n) is 20.7. The molecule has 3 aromatic heterocycles. The van der Waals surface area contributed by atoms with E-state index in [1.165, 1.54) is 0 Å². The highest BCUT2D eigenvalue weighted by Crippen LogP contribution is 2.36. The minimum atomic E-state index is 0.552. The molecular weight excluding hydrogens is 470 g/mol. The van der Waals surface area contributed by atoms with E-state index < -0.39 is 0 Å². The Kier molecular flexibility index (Phi) is 5.26. The Balaban J connectivity index is 1.32. The van der Waals surface area contributed by atoms with Gasteiger partial charge in [0.25, 0.3) is 0 Å². The molecule has 0 N–H and O–H groups in total. The molecule has 0 bridgehead atoms. The lowest BCUT2D eigenvalue weighted by Crippen LogP contribution is -1.94. The average Bonchev–Trinajstić information content (AvgIpc) is 3.40. The van der Waals surface area contributed by atoms with Crippen LogP contribution in [0.3, 0.4) is 0 Å². The molecule has 0 aliphatic heterocycles. The highest BCUT2D eigenvalue weighted by atomic mass is 16.5. The quantitative estimate of drug-likeness (QED) is 0.225. The van der Waals surface area contributed by atoms with Crippen LogP contribution in [0.15, 0.2) is 122 Å². The molecule has 182 valence electrons. The summed E-state index contributed by atoms with van der Waals surface area (Å²) in [5.74, 6) is 2.62. The van der Waals surface area contributed by atoms with Crippen LogP contribution in [0.25, 0.3) is 38.6 Å². The number of aromatic nitrogens is 3. The molecule has 38 heavy (non-hydrogen) atoms. The first-order valence-electron chi connectivity index (χ1n) is 12.5. The van der Waals surface area contributed by atoms with Crippen LogP contribution >= 0.6 is 0 Å². The van der Waals surface area contributed by atoms with Gasteiger partial charge in [0.2, 0.25) is 5.88 Å². The SMILES string of the molecule is Cc1ccnc(Oc2cccc(Oc3ccc4c5ccccc5n5c(-c6ccccc6)cnc5c4c3)c2)c1. The Morgan fingerprint density at radius 3 is 2.26 bits per heavy atom. The summed E-state index contributed by atoms with van der Waals surface area (Å²) < 4.78 is 14.5. The number of hydrogen-bond donors (Lipinski definition) is 0. The van der Waals surface area contributed by atoms with Crippen molar-refractivity contribution in [1.82, 2.24) is 14.4 Å². The van der Waals surface area contributed by atoms with Crippen molar-refractivity contribution in [3.05, 3.63) is 127 Å². The standard InChI is InChI=1S/C33H23N3O2/c1-22-16-17-34-32(18-22)38-25-11-7-10-24(19-25)37-26-14-15-27-28-12-5-6-13-30(28)36-31(23-8-3-2-4-9-23)21-35-33(36)29(27)20-26/h2-21H,1H3. The van der Waals surface area contributed by atoms with E-state index in [1.807, 2.05) is 61.7 Å². The number of benzene rings is 4. The van der Waals surface area contributed by atoms with Gasteiger partial charge in [0, 0.05) is 34.7 Å². The molecule has 0 atom stereocenters. The van der Waals surface area contributed by atoms with E-state index in [1.54, 1.807) is 6.20 Å². The number of ether oxygens (including phenoxy) is 2. The van der Waals surface area contributed by atoms with Gasteiger partial charge in [-0.05, 0) is 60.3 Å². The summed E-state index contributed by atoms with van der Waals surface area (Å²) in [6, 6.07) is 36.4. The second-order valence-electron chi connectivity index (χ2n) is 9.24. The van der Waals surface area contributed by atoms with E-state index in [2.05, 4.69) is 70.0 Å². The lowest BCUT2D eigenvalue weighted by molar-refractivity contribution is 0.449. The van der Waals surface area contributed by atoms with Gasteiger partial charge in [-0.1, -0.05) is 54.6 Å². The molecule has 5 nitrogen and oxygen atoms in total. The van der Waals surface area contributed by atoms with Crippen LogP contribution in [-0.4, -0.2) is 14.4 Å². The van der Waals surface area contributed by atoms with Gasteiger partial charge in [0.15, 0.2) is 0 Å². The van der Waals surface area contributed by atoms with E-state index in [4.69, 9.17) is 14.5 Å². The number of imidazole rings is 1. The minimum absolute atomic E-state index is 0.552. The summed E-state index contributed by atoms with van der Waals surface area (Å²) >= 11 is 0. The maximum Gasteiger partial charge on any atom is 0.219 e. The fourth-order valence-electron chi connectivity index (χ4n) is 4.92. The summed E-state index contributed by atoms with van der Waals surface area (Å²) in [5.41, 5.74) is 5.28. The van der Waals surface area contributed by atoms with Crippen LogP contribution in [0.1, 0.15) is 5.56 Å². The van der Waals surface area contributed by atoms with Crippen LogP contribution in [-0.2, 0) is 0 Å². The molecule has 7 aromatic rings. The fraction of sp³-hybridized carbons (Fsp3) is 0.0303. The van der Waals surface area contributed by atoms with Crippen molar-refractivity contribution in [2.24, 2.45) is 0 Å². The van der Waals surface area contributed by atoms with Crippen molar-refractivity contribution in [2.75, 3.05) is 0 Å². The highest BCUT2D eigenvalue weighted by molar-refractivity contribution is 6.12. The molecule has 0 saturated carbocycles. The molecule has 0 spiro atoms. The van der Waals surface area contributed by atoms with E-state index in [0.717, 1.165) is 49.9 Å². The lowest BCUT2D eigenvalue weighted by atomic mass is 10.1. The number of hydrogen-bond acceptors (Lipinski definition) is 4. The topological polar surface area (TPSA) is 48.7 Å². The minimum Gasteiger partial charge on any atom is -0.457 e. The molecule has 5 heteroatoms. The Morgan fingerprint density at radius 1 is 0.605 bits per heavy atom. The second-order valence-corrected chi connectivity index (χ2v) is 9.24. The van der Waals surface area contributed by atoms with Gasteiger partial charge >= 0.3 is 0 Å². The Morgan fingerprint density at radius 2 is 1.39 bits per heavy atom. The molecule has 0 unspecified atom stereocenters. The first kappa shape index (κ1) is 22.1. The van der Waals surface area contributed by atoms with E-state index in [0.29, 0.717) is 17.4 Å². The maximum atomic E-state index is 6.30. The molecule has 0 fully saturated rings. The van der Waals surface area contributed by atoms with Crippen molar-refractivity contribution in [2.45, 2.75) is 6.92 Å². The fourth-order valence-corrected chi connectivity index (χ4v) is 4.92. The Labute approximate surface area is 219 Å². The molecular formula is C33H23N3O2. The Bertz CT molecular complexity index is 1940. The third-order valence-electron chi connectivity index (χ3n) is 6.65. The molecule has 0 saturated heterocycles. The van der Waals surface area contributed by atoms with E-state index in [-0.39, 0.29) is 0 Å². The lowest BCUT2D eigenvalue weighted by Gasteiger charge is -2.13. The molecule has 3 heterocycles. The summed E-state index contributed by atoms with van der Waals surface area (Å²) in [5, 5.41) is 3.32. The third kappa shape index (κ3) is 3.91. The molecule has 0 radical (unpaired) electrons. The van der Waals surface area contributed by atoms with Gasteiger partial charge in [-0.3, -0.25) is 4.40 Å². The van der Waals surface area contributed by atoms with Crippen molar-refractivity contribution in [1.29, 1.82) is 0 Å². The van der Waals surface area contributed by atoms with Crippen LogP contribution in [0.2, 0.25) is 0 Å². The largest absolute Gasteiger partial charge is 0.457 e. The number of pyridine rings is 2. The van der Waals surface area contributed by atoms with Gasteiger partial charge in [0.1, 0.15) is 22.9 Å². The number of rotatable bonds is 5. The van der Waals surface area contributed by atoms with Crippen molar-refractivity contribution in [3.63, 3.8) is 0 Å². The summed E-state index contributed by atoms with van der Waals surface area (Å²) in [4.78, 5) is 9.16. The average molecular weight is 494 g/mol. The van der Waals surface area contributed by atoms with Crippen LogP contribution in [0, 0.1) is 6.92 Å². The summed E-state index contributed by atoms with van der Waals surface area (Å²) in [7, 11) is 0. The zero-order valence-corrected chi connectivity index (χ0v) is 20.7. The molecule has 4 aromatic carbocycles. The molecule has 7 rings (SSSR count). The monoisotopic (exact) mass is 493 g/mol. The molecule has 0 aliphatic rings. The van der Waals surface area contributed by atoms with Gasteiger partial charge in [-0.25, -0.2) is 9.97 Å². The highest BCUT2D eigenvalue weighted by Gasteiger charge is 2.15. The van der Waals surface area contributed by atoms with Crippen molar-refractivity contribution in [3.8, 4) is 34.4 Å². The van der Waals surface area contributed by atoms with Gasteiger partial charge in [0.05, 0.1) is 17.4 Å². The van der Waals surface area contributed by atoms with E-state index >= 15 is 0 Å². The smallest absolute Gasteiger partial charge is 0.219 e. The van der Waals surface area contributed by atoms with Gasteiger partial charge in [-0.15, -0.1) is 0 Å². The second kappa shape index (κ2) is 9.05. The molecule has 0 aliphatic carbocycles. The molecule has 0 amide bonds. The maximum absolute atomic E-state index is 6.30. The third-order valence-corrected chi connectivity index (χ3v) is 6.65. The predicted molar refractivity (Wildman–Crippen MR) is 151 cm³/mol. The first-order chi connectivity index (χ1) is 18.7. The zero-order chi connectivity index (χ0) is 25.5. The van der Waals surface area contributed by atoms with Crippen LogP contribution in [0.5, 0.6) is 23.1 Å². The number of nitrogens with zero attached hydrogens (tertiary/aromatic N) is 3. The normalized spacial score (nSPS) is 11.3. The summed E-state index contributed by atoms with van der Waals surface area (Å²) in [6.07, 6.45) is 3.69. The number of para-hydroxylation sites is 1. The van der Waals surface area contributed by atoms with Crippen molar-refractivity contribution >= 4 is 27.3 Å². The Hall–Kier alpha value is -5.16. The van der Waals surface area contributed by atoms with Crippen LogP contribution < -0.4 is 9.47 Å². The summed E-state index contributed by atoms with van der Waals surface area (Å²) in [6.45, 7) is 2.01. The predicted octanol–water partition coefficient (Wildman–Crippen LogP) is 8.60. The number of fused-ring (bicyclic) bond motifs is 6.